The third-order valence-electron chi connectivity index (χ3n) is 3.22. The van der Waals surface area contributed by atoms with Crippen molar-refractivity contribution in [2.45, 2.75) is 19.1 Å². The van der Waals surface area contributed by atoms with Crippen LogP contribution < -0.4 is 14.8 Å². The highest BCUT2D eigenvalue weighted by Gasteiger charge is 2.17. The van der Waals surface area contributed by atoms with Crippen LogP contribution >= 0.6 is 11.3 Å². The molecule has 0 bridgehead atoms. The van der Waals surface area contributed by atoms with Gasteiger partial charge in [0.25, 0.3) is 0 Å². The minimum Gasteiger partial charge on any atom is -0.454 e. The molecule has 1 aliphatic heterocycles. The molecule has 2 N–H and O–H groups in total. The summed E-state index contributed by atoms with van der Waals surface area (Å²) < 4.78 is 10.6. The van der Waals surface area contributed by atoms with E-state index in [9.17, 15) is 5.11 Å². The van der Waals surface area contributed by atoms with E-state index in [1.165, 1.54) is 0 Å². The molecule has 106 valence electrons. The molecule has 0 saturated heterocycles. The lowest BCUT2D eigenvalue weighted by atomic mass is 10.1. The zero-order valence-electron chi connectivity index (χ0n) is 11.1. The van der Waals surface area contributed by atoms with Gasteiger partial charge in [0.05, 0.1) is 12.1 Å². The van der Waals surface area contributed by atoms with Gasteiger partial charge in [-0.3, -0.25) is 0 Å². The third-order valence-corrected chi connectivity index (χ3v) is 4.18. The minimum atomic E-state index is -0.591. The second-order valence-electron chi connectivity index (χ2n) is 4.63. The Kier molecular flexibility index (Phi) is 3.86. The summed E-state index contributed by atoms with van der Waals surface area (Å²) in [5, 5.41) is 16.5. The molecule has 20 heavy (non-hydrogen) atoms. The van der Waals surface area contributed by atoms with Crippen LogP contribution in [0.4, 0.5) is 0 Å². The molecule has 0 spiro atoms. The van der Waals surface area contributed by atoms with Crippen LogP contribution in [0.15, 0.2) is 29.8 Å². The van der Waals surface area contributed by atoms with Gasteiger partial charge in [-0.1, -0.05) is 6.07 Å². The van der Waals surface area contributed by atoms with E-state index in [-0.39, 0.29) is 12.8 Å². The molecule has 1 aromatic carbocycles. The van der Waals surface area contributed by atoms with Crippen molar-refractivity contribution in [2.24, 2.45) is 0 Å². The summed E-state index contributed by atoms with van der Waals surface area (Å²) in [7, 11) is 0. The van der Waals surface area contributed by atoms with Crippen LogP contribution in [0.1, 0.15) is 29.6 Å². The maximum Gasteiger partial charge on any atom is 0.231 e. The van der Waals surface area contributed by atoms with Gasteiger partial charge in [-0.05, 0) is 24.6 Å². The van der Waals surface area contributed by atoms with Crippen molar-refractivity contribution in [1.82, 2.24) is 10.3 Å². The Hall–Kier alpha value is -1.63. The number of ether oxygens (including phenoxy) is 2. The summed E-state index contributed by atoms with van der Waals surface area (Å²) in [6.45, 7) is 2.74. The smallest absolute Gasteiger partial charge is 0.231 e. The second kappa shape index (κ2) is 5.78. The number of thiazole rings is 1. The fourth-order valence-corrected chi connectivity index (χ4v) is 2.73. The summed E-state index contributed by atoms with van der Waals surface area (Å²) in [6, 6.07) is 5.63. The lowest BCUT2D eigenvalue weighted by molar-refractivity contribution is 0.168. The number of aromatic nitrogens is 1. The van der Waals surface area contributed by atoms with Gasteiger partial charge in [-0.2, -0.15) is 0 Å². The molecule has 3 rings (SSSR count). The number of aliphatic hydroxyl groups excluding tert-OH is 1. The highest BCUT2D eigenvalue weighted by atomic mass is 32.1. The van der Waals surface area contributed by atoms with Crippen molar-refractivity contribution in [2.75, 3.05) is 13.3 Å². The normalized spacial score (nSPS) is 16.1. The Morgan fingerprint density at radius 2 is 2.25 bits per heavy atom. The Labute approximate surface area is 121 Å². The molecule has 6 heteroatoms. The lowest BCUT2D eigenvalue weighted by Gasteiger charge is -2.16. The highest BCUT2D eigenvalue weighted by molar-refractivity contribution is 7.09. The molecule has 2 heterocycles. The molecule has 2 unspecified atom stereocenters. The summed E-state index contributed by atoms with van der Waals surface area (Å²) in [5.74, 6) is 1.42. The zero-order chi connectivity index (χ0) is 13.9. The number of hydrogen-bond donors (Lipinski definition) is 2. The van der Waals surface area contributed by atoms with Crippen molar-refractivity contribution < 1.29 is 14.6 Å². The topological polar surface area (TPSA) is 63.6 Å². The van der Waals surface area contributed by atoms with Gasteiger partial charge < -0.3 is 19.9 Å². The molecule has 0 radical (unpaired) electrons. The van der Waals surface area contributed by atoms with E-state index in [1.54, 1.807) is 17.5 Å². The first kappa shape index (κ1) is 13.4. The molecule has 0 saturated carbocycles. The van der Waals surface area contributed by atoms with Gasteiger partial charge in [-0.15, -0.1) is 11.3 Å². The molecule has 2 aromatic rings. The van der Waals surface area contributed by atoms with E-state index in [1.807, 2.05) is 30.5 Å². The Morgan fingerprint density at radius 3 is 3.05 bits per heavy atom. The molecule has 0 amide bonds. The molecule has 5 nitrogen and oxygen atoms in total. The maximum atomic E-state index is 10.2. The standard InChI is InChI=1S/C14H16N2O3S/c1-9(14-15-4-5-20-14)16-7-11(17)10-2-3-12-13(6-10)19-8-18-12/h2-6,9,11,16-17H,7-8H2,1H3. The van der Waals surface area contributed by atoms with Gasteiger partial charge in [0.2, 0.25) is 6.79 Å². The zero-order valence-corrected chi connectivity index (χ0v) is 11.9. The van der Waals surface area contributed by atoms with E-state index >= 15 is 0 Å². The van der Waals surface area contributed by atoms with E-state index in [0.29, 0.717) is 12.3 Å². The molecule has 1 aliphatic rings. The Morgan fingerprint density at radius 1 is 1.40 bits per heavy atom. The van der Waals surface area contributed by atoms with Gasteiger partial charge in [-0.25, -0.2) is 4.98 Å². The average molecular weight is 292 g/mol. The minimum absolute atomic E-state index is 0.124. The second-order valence-corrected chi connectivity index (χ2v) is 5.55. The number of nitrogens with one attached hydrogen (secondary N) is 1. The van der Waals surface area contributed by atoms with Crippen molar-refractivity contribution in [3.63, 3.8) is 0 Å². The first-order valence-corrected chi connectivity index (χ1v) is 7.32. The first-order valence-electron chi connectivity index (χ1n) is 6.44. The summed E-state index contributed by atoms with van der Waals surface area (Å²) in [6.07, 6.45) is 1.19. The Balaban J connectivity index is 1.60. The first-order chi connectivity index (χ1) is 9.74. The van der Waals surface area contributed by atoms with Crippen LogP contribution in [0, 0.1) is 0 Å². The van der Waals surface area contributed by atoms with Crippen LogP contribution in [-0.4, -0.2) is 23.4 Å². The molecule has 2 atom stereocenters. The van der Waals surface area contributed by atoms with Crippen LogP contribution in [0.5, 0.6) is 11.5 Å². The summed E-state index contributed by atoms with van der Waals surface area (Å²) >= 11 is 1.60. The SMILES string of the molecule is CC(NCC(O)c1ccc2c(c1)OCO2)c1nccs1. The number of fused-ring (bicyclic) bond motifs is 1. The molecular formula is C14H16N2O3S. The number of hydrogen-bond acceptors (Lipinski definition) is 6. The fraction of sp³-hybridized carbons (Fsp3) is 0.357. The van der Waals surface area contributed by atoms with Gasteiger partial charge in [0.15, 0.2) is 11.5 Å². The number of rotatable bonds is 5. The van der Waals surface area contributed by atoms with Gasteiger partial charge in [0.1, 0.15) is 5.01 Å². The van der Waals surface area contributed by atoms with Crippen LogP contribution in [0.25, 0.3) is 0 Å². The monoisotopic (exact) mass is 292 g/mol. The van der Waals surface area contributed by atoms with Crippen molar-refractivity contribution in [1.29, 1.82) is 0 Å². The largest absolute Gasteiger partial charge is 0.454 e. The fourth-order valence-electron chi connectivity index (χ4n) is 2.06. The summed E-state index contributed by atoms with van der Waals surface area (Å²) in [5.41, 5.74) is 0.813. The van der Waals surface area contributed by atoms with Gasteiger partial charge in [0, 0.05) is 18.1 Å². The van der Waals surface area contributed by atoms with E-state index in [2.05, 4.69) is 10.3 Å². The van der Waals surface area contributed by atoms with Gasteiger partial charge >= 0.3 is 0 Å². The van der Waals surface area contributed by atoms with Crippen LogP contribution in [-0.2, 0) is 0 Å². The number of aliphatic hydroxyl groups is 1. The average Bonchev–Trinajstić information content (AvgIpc) is 3.13. The highest BCUT2D eigenvalue weighted by Crippen LogP contribution is 2.34. The van der Waals surface area contributed by atoms with Crippen molar-refractivity contribution in [3.05, 3.63) is 40.3 Å². The third kappa shape index (κ3) is 2.77. The number of benzene rings is 1. The van der Waals surface area contributed by atoms with E-state index < -0.39 is 6.10 Å². The summed E-state index contributed by atoms with van der Waals surface area (Å²) in [4.78, 5) is 4.25. The lowest BCUT2D eigenvalue weighted by Crippen LogP contribution is -2.24. The quantitative estimate of drug-likeness (QED) is 0.885. The number of nitrogens with zero attached hydrogens (tertiary/aromatic N) is 1. The molecular weight excluding hydrogens is 276 g/mol. The van der Waals surface area contributed by atoms with Crippen LogP contribution in [0.3, 0.4) is 0 Å². The molecule has 1 aromatic heterocycles. The van der Waals surface area contributed by atoms with Crippen molar-refractivity contribution >= 4 is 11.3 Å². The predicted octanol–water partition coefficient (Wildman–Crippen LogP) is 2.26. The van der Waals surface area contributed by atoms with E-state index in [0.717, 1.165) is 16.3 Å². The Bertz CT molecular complexity index is 574. The van der Waals surface area contributed by atoms with Crippen LogP contribution in [0.2, 0.25) is 0 Å². The molecule has 0 fully saturated rings. The molecule has 0 aliphatic carbocycles. The maximum absolute atomic E-state index is 10.2. The van der Waals surface area contributed by atoms with E-state index in [4.69, 9.17) is 9.47 Å². The predicted molar refractivity (Wildman–Crippen MR) is 76.1 cm³/mol. The van der Waals surface area contributed by atoms with Crippen molar-refractivity contribution in [3.8, 4) is 11.5 Å².